The van der Waals surface area contributed by atoms with Gasteiger partial charge in [-0.05, 0) is 51.1 Å². The van der Waals surface area contributed by atoms with Crippen LogP contribution >= 0.6 is 11.8 Å². The third-order valence-electron chi connectivity index (χ3n) is 3.53. The second kappa shape index (κ2) is 7.45. The molecule has 0 aliphatic heterocycles. The van der Waals surface area contributed by atoms with Crippen LogP contribution in [0.15, 0.2) is 28.0 Å². The molecule has 2 heterocycles. The van der Waals surface area contributed by atoms with Gasteiger partial charge in [0.25, 0.3) is 0 Å². The summed E-state index contributed by atoms with van der Waals surface area (Å²) in [6, 6.07) is 3.55. The lowest BCUT2D eigenvalue weighted by atomic mass is 10.1. The van der Waals surface area contributed by atoms with E-state index in [4.69, 9.17) is 4.42 Å². The highest BCUT2D eigenvalue weighted by Crippen LogP contribution is 2.17. The van der Waals surface area contributed by atoms with Crippen LogP contribution in [0.25, 0.3) is 0 Å². The van der Waals surface area contributed by atoms with Gasteiger partial charge in [0.05, 0.1) is 12.3 Å². The number of hydrogen-bond donors (Lipinski definition) is 1. The van der Waals surface area contributed by atoms with E-state index in [-0.39, 0.29) is 11.9 Å². The molecule has 1 unspecified atom stereocenters. The van der Waals surface area contributed by atoms with E-state index < -0.39 is 0 Å². The number of furan rings is 1. The van der Waals surface area contributed by atoms with E-state index in [1.165, 1.54) is 11.8 Å². The highest BCUT2D eigenvalue weighted by Gasteiger charge is 2.14. The number of thioether (sulfide) groups is 1. The van der Waals surface area contributed by atoms with Crippen molar-refractivity contribution in [2.24, 2.45) is 0 Å². The van der Waals surface area contributed by atoms with E-state index in [1.807, 2.05) is 39.2 Å². The van der Waals surface area contributed by atoms with Crippen LogP contribution in [-0.4, -0.2) is 22.1 Å². The van der Waals surface area contributed by atoms with Crippen molar-refractivity contribution in [2.45, 2.75) is 44.8 Å². The van der Waals surface area contributed by atoms with Gasteiger partial charge >= 0.3 is 0 Å². The minimum Gasteiger partial charge on any atom is -0.467 e. The van der Waals surface area contributed by atoms with Crippen LogP contribution in [0.1, 0.15) is 42.1 Å². The second-order valence-corrected chi connectivity index (χ2v) is 5.94. The van der Waals surface area contributed by atoms with Crippen molar-refractivity contribution in [2.75, 3.05) is 6.26 Å². The van der Waals surface area contributed by atoms with Crippen LogP contribution < -0.4 is 5.32 Å². The number of aromatic nitrogens is 2. The standard InChI is InChI=1S/C16H21N3O2S/c1-10-13(11(2)19-16(18-10)22-4)7-8-15(20)17-12(3)14-6-5-9-21-14/h5-6,9,12H,7-8H2,1-4H3,(H,17,20). The molecule has 0 aromatic carbocycles. The summed E-state index contributed by atoms with van der Waals surface area (Å²) < 4.78 is 5.29. The maximum atomic E-state index is 12.1. The summed E-state index contributed by atoms with van der Waals surface area (Å²) in [5.41, 5.74) is 2.95. The number of rotatable bonds is 6. The first-order valence-electron chi connectivity index (χ1n) is 7.22. The van der Waals surface area contributed by atoms with Gasteiger partial charge < -0.3 is 9.73 Å². The van der Waals surface area contributed by atoms with E-state index >= 15 is 0 Å². The zero-order valence-electron chi connectivity index (χ0n) is 13.3. The normalized spacial score (nSPS) is 12.2. The first kappa shape index (κ1) is 16.5. The van der Waals surface area contributed by atoms with Crippen molar-refractivity contribution in [3.8, 4) is 0 Å². The molecule has 6 heteroatoms. The molecule has 2 rings (SSSR count). The highest BCUT2D eigenvalue weighted by atomic mass is 32.2. The Kier molecular flexibility index (Phi) is 5.60. The molecule has 0 radical (unpaired) electrons. The molecule has 1 amide bonds. The third kappa shape index (κ3) is 4.10. The molecular formula is C16H21N3O2S. The van der Waals surface area contributed by atoms with Gasteiger partial charge in [0.1, 0.15) is 5.76 Å². The van der Waals surface area contributed by atoms with Gasteiger partial charge in [0.15, 0.2) is 5.16 Å². The topological polar surface area (TPSA) is 68.0 Å². The molecule has 0 aliphatic rings. The highest BCUT2D eigenvalue weighted by molar-refractivity contribution is 7.98. The van der Waals surface area contributed by atoms with E-state index in [1.54, 1.807) is 6.26 Å². The Balaban J connectivity index is 1.94. The molecule has 0 aliphatic carbocycles. The molecule has 1 atom stereocenters. The smallest absolute Gasteiger partial charge is 0.220 e. The summed E-state index contributed by atoms with van der Waals surface area (Å²) in [5, 5.41) is 3.71. The van der Waals surface area contributed by atoms with Crippen molar-refractivity contribution in [1.29, 1.82) is 0 Å². The summed E-state index contributed by atoms with van der Waals surface area (Å²) in [6.07, 6.45) is 4.62. The Morgan fingerprint density at radius 3 is 2.59 bits per heavy atom. The zero-order chi connectivity index (χ0) is 16.1. The number of aryl methyl sites for hydroxylation is 2. The summed E-state index contributed by atoms with van der Waals surface area (Å²) in [7, 11) is 0. The van der Waals surface area contributed by atoms with Crippen LogP contribution in [-0.2, 0) is 11.2 Å². The lowest BCUT2D eigenvalue weighted by Crippen LogP contribution is -2.26. The monoisotopic (exact) mass is 319 g/mol. The molecule has 0 saturated carbocycles. The van der Waals surface area contributed by atoms with Gasteiger partial charge in [0, 0.05) is 17.8 Å². The molecule has 22 heavy (non-hydrogen) atoms. The zero-order valence-corrected chi connectivity index (χ0v) is 14.2. The lowest BCUT2D eigenvalue weighted by molar-refractivity contribution is -0.121. The van der Waals surface area contributed by atoms with Gasteiger partial charge in [-0.3, -0.25) is 4.79 Å². The quantitative estimate of drug-likeness (QED) is 0.654. The van der Waals surface area contributed by atoms with Crippen molar-refractivity contribution < 1.29 is 9.21 Å². The molecule has 5 nitrogen and oxygen atoms in total. The van der Waals surface area contributed by atoms with Crippen molar-refractivity contribution >= 4 is 17.7 Å². The van der Waals surface area contributed by atoms with Crippen molar-refractivity contribution in [3.63, 3.8) is 0 Å². The summed E-state index contributed by atoms with van der Waals surface area (Å²) in [5.74, 6) is 0.755. The number of nitrogens with one attached hydrogen (secondary N) is 1. The minimum atomic E-state index is -0.125. The van der Waals surface area contributed by atoms with Crippen LogP contribution in [0.2, 0.25) is 0 Å². The Hall–Kier alpha value is -1.82. The molecule has 0 spiro atoms. The molecule has 2 aromatic rings. The van der Waals surface area contributed by atoms with Crippen LogP contribution in [0, 0.1) is 13.8 Å². The predicted molar refractivity (Wildman–Crippen MR) is 86.9 cm³/mol. The summed E-state index contributed by atoms with van der Waals surface area (Å²) in [6.45, 7) is 5.84. The maximum absolute atomic E-state index is 12.1. The van der Waals surface area contributed by atoms with Gasteiger partial charge in [-0.2, -0.15) is 0 Å². The number of hydrogen-bond acceptors (Lipinski definition) is 5. The first-order valence-corrected chi connectivity index (χ1v) is 8.44. The van der Waals surface area contributed by atoms with E-state index in [9.17, 15) is 4.79 Å². The van der Waals surface area contributed by atoms with Crippen LogP contribution in [0.4, 0.5) is 0 Å². The second-order valence-electron chi connectivity index (χ2n) is 5.16. The van der Waals surface area contributed by atoms with E-state index in [0.29, 0.717) is 12.8 Å². The average molecular weight is 319 g/mol. The van der Waals surface area contributed by atoms with E-state index in [2.05, 4.69) is 15.3 Å². The minimum absolute atomic E-state index is 0.00311. The van der Waals surface area contributed by atoms with Crippen LogP contribution in [0.5, 0.6) is 0 Å². The third-order valence-corrected chi connectivity index (χ3v) is 4.08. The molecule has 0 saturated heterocycles. The fraction of sp³-hybridized carbons (Fsp3) is 0.438. The Morgan fingerprint density at radius 1 is 1.36 bits per heavy atom. The fourth-order valence-corrected chi connectivity index (χ4v) is 2.78. The largest absolute Gasteiger partial charge is 0.467 e. The first-order chi connectivity index (χ1) is 10.5. The number of nitrogens with zero attached hydrogens (tertiary/aromatic N) is 2. The summed E-state index contributed by atoms with van der Waals surface area (Å²) in [4.78, 5) is 20.9. The van der Waals surface area contributed by atoms with Gasteiger partial charge in [-0.15, -0.1) is 0 Å². The Morgan fingerprint density at radius 2 is 2.05 bits per heavy atom. The average Bonchev–Trinajstić information content (AvgIpc) is 3.00. The fourth-order valence-electron chi connectivity index (χ4n) is 2.32. The van der Waals surface area contributed by atoms with Gasteiger partial charge in [-0.25, -0.2) is 9.97 Å². The van der Waals surface area contributed by atoms with Crippen molar-refractivity contribution in [3.05, 3.63) is 41.1 Å². The summed E-state index contributed by atoms with van der Waals surface area (Å²) >= 11 is 1.53. The predicted octanol–water partition coefficient (Wildman–Crippen LogP) is 3.22. The molecule has 1 N–H and O–H groups in total. The molecule has 0 bridgehead atoms. The van der Waals surface area contributed by atoms with Crippen molar-refractivity contribution in [1.82, 2.24) is 15.3 Å². The lowest BCUT2D eigenvalue weighted by Gasteiger charge is -2.13. The number of carbonyl (C=O) groups excluding carboxylic acids is 1. The number of amides is 1. The van der Waals surface area contributed by atoms with Crippen LogP contribution in [0.3, 0.4) is 0 Å². The molecule has 0 fully saturated rings. The molecule has 2 aromatic heterocycles. The SMILES string of the molecule is CSc1nc(C)c(CCC(=O)NC(C)c2ccco2)c(C)n1. The van der Waals surface area contributed by atoms with Gasteiger partial charge in [0.2, 0.25) is 5.91 Å². The number of carbonyl (C=O) groups is 1. The Labute approximate surface area is 134 Å². The Bertz CT molecular complexity index is 618. The van der Waals surface area contributed by atoms with E-state index in [0.717, 1.165) is 27.9 Å². The molecule has 118 valence electrons. The van der Waals surface area contributed by atoms with Gasteiger partial charge in [-0.1, -0.05) is 11.8 Å². The molecular weight excluding hydrogens is 298 g/mol. The maximum Gasteiger partial charge on any atom is 0.220 e.